The molecule has 0 aromatic carbocycles. The van der Waals surface area contributed by atoms with E-state index in [1.54, 1.807) is 0 Å². The van der Waals surface area contributed by atoms with Crippen LogP contribution in [0, 0.1) is 0 Å². The number of hydrogen-bond donors (Lipinski definition) is 1. The first-order valence-corrected chi connectivity index (χ1v) is 8.26. The largest absolute Gasteiger partial charge is 0.476 e. The summed E-state index contributed by atoms with van der Waals surface area (Å²) in [5, 5.41) is 3.37. The van der Waals surface area contributed by atoms with Gasteiger partial charge in [-0.2, -0.15) is 0 Å². The van der Waals surface area contributed by atoms with Gasteiger partial charge in [-0.05, 0) is 44.5 Å². The minimum absolute atomic E-state index is 0.718. The van der Waals surface area contributed by atoms with Gasteiger partial charge in [-0.1, -0.05) is 20.3 Å². The Balaban J connectivity index is 1.90. The molecule has 1 aromatic heterocycles. The molecule has 0 radical (unpaired) electrons. The zero-order valence-electron chi connectivity index (χ0n) is 13.7. The van der Waals surface area contributed by atoms with E-state index in [-0.39, 0.29) is 0 Å². The monoisotopic (exact) mass is 291 g/mol. The molecule has 1 N–H and O–H groups in total. The SMILES string of the molecule is CCCc1cc(CNCC)cc(OCCN(C)C2CC2)n1. The Morgan fingerprint density at radius 1 is 1.33 bits per heavy atom. The lowest BCUT2D eigenvalue weighted by Crippen LogP contribution is -2.26. The predicted octanol–water partition coefficient (Wildman–Crippen LogP) is 2.62. The molecule has 118 valence electrons. The van der Waals surface area contributed by atoms with E-state index in [9.17, 15) is 0 Å². The Labute approximate surface area is 128 Å². The van der Waals surface area contributed by atoms with Crippen molar-refractivity contribution in [2.75, 3.05) is 26.7 Å². The fourth-order valence-corrected chi connectivity index (χ4v) is 2.44. The van der Waals surface area contributed by atoms with Gasteiger partial charge in [0.15, 0.2) is 0 Å². The Morgan fingerprint density at radius 3 is 2.81 bits per heavy atom. The molecule has 4 nitrogen and oxygen atoms in total. The second kappa shape index (κ2) is 8.35. The molecule has 0 amide bonds. The van der Waals surface area contributed by atoms with Gasteiger partial charge in [-0.15, -0.1) is 0 Å². The van der Waals surface area contributed by atoms with Crippen LogP contribution in [0.3, 0.4) is 0 Å². The summed E-state index contributed by atoms with van der Waals surface area (Å²) in [5.41, 5.74) is 2.40. The average molecular weight is 291 g/mol. The highest BCUT2D eigenvalue weighted by molar-refractivity contribution is 5.25. The first kappa shape index (κ1) is 16.2. The number of nitrogens with one attached hydrogen (secondary N) is 1. The fraction of sp³-hybridized carbons (Fsp3) is 0.706. The first-order valence-electron chi connectivity index (χ1n) is 8.26. The van der Waals surface area contributed by atoms with E-state index in [2.05, 4.69) is 48.2 Å². The van der Waals surface area contributed by atoms with E-state index in [1.165, 1.54) is 18.4 Å². The number of ether oxygens (including phenoxy) is 1. The van der Waals surface area contributed by atoms with Gasteiger partial charge in [-0.25, -0.2) is 4.98 Å². The maximum atomic E-state index is 5.88. The molecule has 1 aliphatic carbocycles. The van der Waals surface area contributed by atoms with Crippen molar-refractivity contribution in [2.24, 2.45) is 0 Å². The van der Waals surface area contributed by atoms with Crippen LogP contribution in [-0.4, -0.2) is 42.7 Å². The van der Waals surface area contributed by atoms with Crippen molar-refractivity contribution >= 4 is 0 Å². The van der Waals surface area contributed by atoms with E-state index in [1.807, 2.05) is 0 Å². The van der Waals surface area contributed by atoms with Crippen LogP contribution in [0.25, 0.3) is 0 Å². The molecule has 1 aliphatic rings. The molecule has 0 bridgehead atoms. The molecular weight excluding hydrogens is 262 g/mol. The molecule has 1 fully saturated rings. The number of aryl methyl sites for hydroxylation is 1. The third kappa shape index (κ3) is 5.64. The Hall–Kier alpha value is -1.13. The average Bonchev–Trinajstić information content (AvgIpc) is 3.30. The van der Waals surface area contributed by atoms with Crippen LogP contribution in [0.4, 0.5) is 0 Å². The van der Waals surface area contributed by atoms with E-state index in [0.29, 0.717) is 0 Å². The van der Waals surface area contributed by atoms with Crippen molar-refractivity contribution in [1.29, 1.82) is 0 Å². The summed E-state index contributed by atoms with van der Waals surface area (Å²) in [6.07, 6.45) is 4.81. The first-order chi connectivity index (χ1) is 10.2. The van der Waals surface area contributed by atoms with Crippen LogP contribution in [-0.2, 0) is 13.0 Å². The molecule has 0 unspecified atom stereocenters. The highest BCUT2D eigenvalue weighted by Crippen LogP contribution is 2.24. The molecule has 2 rings (SSSR count). The number of likely N-dealkylation sites (N-methyl/N-ethyl adjacent to an activating group) is 1. The number of nitrogens with zero attached hydrogens (tertiary/aromatic N) is 2. The third-order valence-electron chi connectivity index (χ3n) is 3.86. The quantitative estimate of drug-likeness (QED) is 0.719. The van der Waals surface area contributed by atoms with Crippen molar-refractivity contribution in [1.82, 2.24) is 15.2 Å². The van der Waals surface area contributed by atoms with Crippen molar-refractivity contribution < 1.29 is 4.74 Å². The molecule has 1 saturated carbocycles. The van der Waals surface area contributed by atoms with Crippen LogP contribution >= 0.6 is 0 Å². The standard InChI is InChI=1S/C17H29N3O/c1-4-6-15-11-14(13-18-5-2)12-17(19-15)21-10-9-20(3)16-7-8-16/h11-12,16,18H,4-10,13H2,1-3H3. The van der Waals surface area contributed by atoms with Crippen LogP contribution in [0.1, 0.15) is 44.4 Å². The third-order valence-corrected chi connectivity index (χ3v) is 3.86. The highest BCUT2D eigenvalue weighted by atomic mass is 16.5. The Morgan fingerprint density at radius 2 is 2.14 bits per heavy atom. The highest BCUT2D eigenvalue weighted by Gasteiger charge is 2.25. The van der Waals surface area contributed by atoms with Gasteiger partial charge in [0.1, 0.15) is 6.61 Å². The summed E-state index contributed by atoms with van der Waals surface area (Å²) in [7, 11) is 2.18. The topological polar surface area (TPSA) is 37.4 Å². The minimum atomic E-state index is 0.718. The number of rotatable bonds is 10. The van der Waals surface area contributed by atoms with E-state index in [0.717, 1.165) is 56.7 Å². The molecule has 4 heteroatoms. The Bertz CT molecular complexity index is 432. The van der Waals surface area contributed by atoms with Gasteiger partial charge in [0.2, 0.25) is 5.88 Å². The second-order valence-corrected chi connectivity index (χ2v) is 5.90. The Kier molecular flexibility index (Phi) is 6.46. The summed E-state index contributed by atoms with van der Waals surface area (Å²) in [5.74, 6) is 0.776. The van der Waals surface area contributed by atoms with Gasteiger partial charge >= 0.3 is 0 Å². The second-order valence-electron chi connectivity index (χ2n) is 5.90. The molecule has 0 atom stereocenters. The molecule has 1 aromatic rings. The molecule has 0 aliphatic heterocycles. The number of hydrogen-bond acceptors (Lipinski definition) is 4. The summed E-state index contributed by atoms with van der Waals surface area (Å²) in [4.78, 5) is 7.00. The molecule has 0 saturated heterocycles. The summed E-state index contributed by atoms with van der Waals surface area (Å²) >= 11 is 0. The fourth-order valence-electron chi connectivity index (χ4n) is 2.44. The minimum Gasteiger partial charge on any atom is -0.476 e. The zero-order valence-corrected chi connectivity index (χ0v) is 13.7. The summed E-state index contributed by atoms with van der Waals surface area (Å²) in [6.45, 7) is 7.87. The van der Waals surface area contributed by atoms with Crippen molar-refractivity contribution in [2.45, 2.75) is 52.1 Å². The smallest absolute Gasteiger partial charge is 0.213 e. The van der Waals surface area contributed by atoms with Gasteiger partial charge < -0.3 is 15.0 Å². The van der Waals surface area contributed by atoms with Crippen molar-refractivity contribution in [3.63, 3.8) is 0 Å². The summed E-state index contributed by atoms with van der Waals surface area (Å²) < 4.78 is 5.88. The summed E-state index contributed by atoms with van der Waals surface area (Å²) in [6, 6.07) is 5.05. The number of pyridine rings is 1. The van der Waals surface area contributed by atoms with Crippen LogP contribution < -0.4 is 10.1 Å². The van der Waals surface area contributed by atoms with Crippen molar-refractivity contribution in [3.8, 4) is 5.88 Å². The van der Waals surface area contributed by atoms with E-state index >= 15 is 0 Å². The van der Waals surface area contributed by atoms with Gasteiger partial charge in [-0.3, -0.25) is 0 Å². The lowest BCUT2D eigenvalue weighted by atomic mass is 10.1. The lowest BCUT2D eigenvalue weighted by Gasteiger charge is -2.16. The predicted molar refractivity (Wildman–Crippen MR) is 86.8 cm³/mol. The molecule has 21 heavy (non-hydrogen) atoms. The van der Waals surface area contributed by atoms with Gasteiger partial charge in [0, 0.05) is 30.9 Å². The lowest BCUT2D eigenvalue weighted by molar-refractivity contribution is 0.226. The molecule has 1 heterocycles. The van der Waals surface area contributed by atoms with E-state index in [4.69, 9.17) is 4.74 Å². The maximum absolute atomic E-state index is 5.88. The number of aromatic nitrogens is 1. The van der Waals surface area contributed by atoms with E-state index < -0.39 is 0 Å². The van der Waals surface area contributed by atoms with Crippen molar-refractivity contribution in [3.05, 3.63) is 23.4 Å². The van der Waals surface area contributed by atoms with Crippen LogP contribution in [0.2, 0.25) is 0 Å². The van der Waals surface area contributed by atoms with Gasteiger partial charge in [0.25, 0.3) is 0 Å². The zero-order chi connectivity index (χ0) is 15.1. The van der Waals surface area contributed by atoms with Gasteiger partial charge in [0.05, 0.1) is 0 Å². The maximum Gasteiger partial charge on any atom is 0.213 e. The molecule has 0 spiro atoms. The molecular formula is C17H29N3O. The van der Waals surface area contributed by atoms with Crippen LogP contribution in [0.5, 0.6) is 5.88 Å². The van der Waals surface area contributed by atoms with Crippen LogP contribution in [0.15, 0.2) is 12.1 Å². The normalized spacial score (nSPS) is 14.7.